The minimum atomic E-state index is -0.576. The zero-order chi connectivity index (χ0) is 30.4. The van der Waals surface area contributed by atoms with Crippen LogP contribution in [0.15, 0.2) is 78.9 Å². The number of alkyl carbamates (subject to hydrolysis) is 1. The minimum Gasteiger partial charge on any atom is -0.444 e. The zero-order valence-corrected chi connectivity index (χ0v) is 24.8. The number of nitrogens with zero attached hydrogens (tertiary/aromatic N) is 3. The van der Waals surface area contributed by atoms with Crippen molar-refractivity contribution in [2.45, 2.75) is 64.7 Å². The van der Waals surface area contributed by atoms with Crippen LogP contribution in [0.5, 0.6) is 0 Å². The monoisotopic (exact) mass is 578 g/mol. The summed E-state index contributed by atoms with van der Waals surface area (Å²) in [5.74, 6) is -0.412. The second-order valence-corrected chi connectivity index (χ2v) is 12.2. The van der Waals surface area contributed by atoms with Crippen molar-refractivity contribution in [3.05, 3.63) is 102 Å². The maximum Gasteiger partial charge on any atom is 0.408 e. The summed E-state index contributed by atoms with van der Waals surface area (Å²) >= 11 is 0. The van der Waals surface area contributed by atoms with Crippen molar-refractivity contribution in [2.75, 3.05) is 0 Å². The summed E-state index contributed by atoms with van der Waals surface area (Å²) in [6.07, 6.45) is 2.29. The van der Waals surface area contributed by atoms with Crippen LogP contribution in [0.25, 0.3) is 39.3 Å². The summed E-state index contributed by atoms with van der Waals surface area (Å²) in [5.41, 5.74) is 6.77. The van der Waals surface area contributed by atoms with Crippen molar-refractivity contribution < 1.29 is 19.0 Å². The molecule has 0 atom stereocenters. The normalized spacial score (nSPS) is 14.4. The van der Waals surface area contributed by atoms with Crippen LogP contribution in [0.1, 0.15) is 56.9 Å². The van der Waals surface area contributed by atoms with E-state index in [2.05, 4.69) is 17.4 Å². The molecule has 220 valence electrons. The lowest BCUT2D eigenvalue weighted by atomic mass is 9.71. The Morgan fingerprint density at radius 2 is 1.72 bits per heavy atom. The van der Waals surface area contributed by atoms with Crippen LogP contribution in [0.2, 0.25) is 0 Å². The average molecular weight is 579 g/mol. The second-order valence-electron chi connectivity index (χ2n) is 12.2. The standard InChI is InChI=1S/C35H35FN4O3/c1-22-32(28-16-15-27(36)19-25(28)21-41)40-30(37-22)20-29(23-9-6-5-7-10-23)31(39-40)24-11-13-26(14-12-24)35(17-8-18-35)38-33(42)43-34(2,3)4/h5-7,9-16,19-20,41H,8,17-18,21H2,1-4H3,(H,38,42). The Morgan fingerprint density at radius 1 is 1.00 bits per heavy atom. The Bertz CT molecular complexity index is 1800. The maximum absolute atomic E-state index is 14.0. The molecule has 1 aliphatic rings. The number of carbonyl (C=O) groups is 1. The Labute approximate surface area is 250 Å². The van der Waals surface area contributed by atoms with E-state index in [0.29, 0.717) is 22.5 Å². The van der Waals surface area contributed by atoms with E-state index in [1.807, 2.05) is 76.2 Å². The lowest BCUT2D eigenvalue weighted by Crippen LogP contribution is -2.52. The lowest BCUT2D eigenvalue weighted by molar-refractivity contribution is 0.0377. The summed E-state index contributed by atoms with van der Waals surface area (Å²) in [6.45, 7) is 7.15. The van der Waals surface area contributed by atoms with E-state index in [0.717, 1.165) is 52.9 Å². The number of rotatable bonds is 6. The number of carbonyl (C=O) groups excluding carboxylic acids is 1. The van der Waals surface area contributed by atoms with Gasteiger partial charge in [-0.2, -0.15) is 5.10 Å². The van der Waals surface area contributed by atoms with Crippen LogP contribution in [0, 0.1) is 12.7 Å². The molecule has 2 N–H and O–H groups in total. The Morgan fingerprint density at radius 3 is 2.35 bits per heavy atom. The van der Waals surface area contributed by atoms with Gasteiger partial charge in [0.25, 0.3) is 0 Å². The molecule has 5 aromatic rings. The number of amides is 1. The molecule has 0 spiro atoms. The molecule has 2 aromatic heterocycles. The minimum absolute atomic E-state index is 0.310. The number of aliphatic hydroxyl groups excluding tert-OH is 1. The van der Waals surface area contributed by atoms with Gasteiger partial charge in [0.15, 0.2) is 5.65 Å². The van der Waals surface area contributed by atoms with Gasteiger partial charge in [-0.05, 0) is 87.9 Å². The highest BCUT2D eigenvalue weighted by atomic mass is 19.1. The summed E-state index contributed by atoms with van der Waals surface area (Å²) in [7, 11) is 0. The first kappa shape index (κ1) is 28.6. The van der Waals surface area contributed by atoms with Gasteiger partial charge in [-0.3, -0.25) is 0 Å². The van der Waals surface area contributed by atoms with Gasteiger partial charge in [-0.1, -0.05) is 54.6 Å². The zero-order valence-electron chi connectivity index (χ0n) is 24.8. The van der Waals surface area contributed by atoms with E-state index >= 15 is 0 Å². The van der Waals surface area contributed by atoms with Crippen LogP contribution < -0.4 is 5.32 Å². The number of imidazole rings is 1. The molecule has 6 rings (SSSR count). The smallest absolute Gasteiger partial charge is 0.408 e. The van der Waals surface area contributed by atoms with Gasteiger partial charge in [0.1, 0.15) is 11.4 Å². The molecule has 2 heterocycles. The third kappa shape index (κ3) is 5.50. The van der Waals surface area contributed by atoms with Crippen LogP contribution in [-0.4, -0.2) is 31.4 Å². The summed E-state index contributed by atoms with van der Waals surface area (Å²) in [4.78, 5) is 17.5. The molecule has 0 saturated heterocycles. The van der Waals surface area contributed by atoms with Gasteiger partial charge in [0.05, 0.1) is 29.2 Å². The highest BCUT2D eigenvalue weighted by molar-refractivity contribution is 5.84. The fourth-order valence-electron chi connectivity index (χ4n) is 5.83. The van der Waals surface area contributed by atoms with Gasteiger partial charge in [-0.15, -0.1) is 0 Å². The molecule has 3 aromatic carbocycles. The molecule has 0 aliphatic heterocycles. The number of aryl methyl sites for hydroxylation is 1. The molecular weight excluding hydrogens is 543 g/mol. The van der Waals surface area contributed by atoms with Crippen LogP contribution in [-0.2, 0) is 16.9 Å². The molecule has 8 heteroatoms. The van der Waals surface area contributed by atoms with E-state index in [4.69, 9.17) is 14.8 Å². The number of fused-ring (bicyclic) bond motifs is 1. The number of ether oxygens (including phenoxy) is 1. The lowest BCUT2D eigenvalue weighted by Gasteiger charge is -2.43. The maximum atomic E-state index is 14.0. The molecule has 1 aliphatic carbocycles. The number of benzene rings is 3. The van der Waals surface area contributed by atoms with E-state index < -0.39 is 23.1 Å². The van der Waals surface area contributed by atoms with Crippen LogP contribution in [0.4, 0.5) is 9.18 Å². The third-order valence-corrected chi connectivity index (χ3v) is 8.02. The van der Waals surface area contributed by atoms with Crippen molar-refractivity contribution in [3.8, 4) is 33.6 Å². The molecule has 0 unspecified atom stereocenters. The fourth-order valence-corrected chi connectivity index (χ4v) is 5.83. The van der Waals surface area contributed by atoms with Gasteiger partial charge in [0.2, 0.25) is 0 Å². The quantitative estimate of drug-likeness (QED) is 0.217. The van der Waals surface area contributed by atoms with E-state index in [-0.39, 0.29) is 6.61 Å². The molecule has 7 nitrogen and oxygen atoms in total. The number of hydrogen-bond donors (Lipinski definition) is 2. The number of hydrogen-bond acceptors (Lipinski definition) is 5. The van der Waals surface area contributed by atoms with E-state index in [1.54, 1.807) is 10.6 Å². The van der Waals surface area contributed by atoms with Gasteiger partial charge < -0.3 is 15.2 Å². The first-order chi connectivity index (χ1) is 20.6. The third-order valence-electron chi connectivity index (χ3n) is 8.02. The first-order valence-electron chi connectivity index (χ1n) is 14.5. The second kappa shape index (κ2) is 10.9. The molecular formula is C35H35FN4O3. The first-order valence-corrected chi connectivity index (χ1v) is 14.5. The summed E-state index contributed by atoms with van der Waals surface area (Å²) in [6, 6.07) is 24.6. The van der Waals surface area contributed by atoms with E-state index in [1.165, 1.54) is 12.1 Å². The summed E-state index contributed by atoms with van der Waals surface area (Å²) in [5, 5.41) is 18.3. The SMILES string of the molecule is Cc1nc2cc(-c3ccccc3)c(-c3ccc(C4(NC(=O)OC(C)(C)C)CCC4)cc3)nn2c1-c1ccc(F)cc1CO. The Hall–Kier alpha value is -4.56. The Balaban J connectivity index is 1.46. The molecule has 1 saturated carbocycles. The number of nitrogens with one attached hydrogen (secondary N) is 1. The van der Waals surface area contributed by atoms with Crippen molar-refractivity contribution >= 4 is 11.7 Å². The Kier molecular flexibility index (Phi) is 7.26. The number of aromatic nitrogens is 3. The van der Waals surface area contributed by atoms with Crippen molar-refractivity contribution in [1.29, 1.82) is 0 Å². The van der Waals surface area contributed by atoms with Gasteiger partial charge in [-0.25, -0.2) is 18.7 Å². The average Bonchev–Trinajstić information content (AvgIpc) is 3.28. The molecule has 0 radical (unpaired) electrons. The summed E-state index contributed by atoms with van der Waals surface area (Å²) < 4.78 is 21.4. The predicted octanol–water partition coefficient (Wildman–Crippen LogP) is 7.57. The predicted molar refractivity (Wildman–Crippen MR) is 165 cm³/mol. The van der Waals surface area contributed by atoms with Crippen molar-refractivity contribution in [2.24, 2.45) is 0 Å². The van der Waals surface area contributed by atoms with Crippen molar-refractivity contribution in [1.82, 2.24) is 19.9 Å². The molecule has 0 bridgehead atoms. The number of aliphatic hydroxyl groups is 1. The highest BCUT2D eigenvalue weighted by Gasteiger charge is 2.41. The van der Waals surface area contributed by atoms with Crippen LogP contribution >= 0.6 is 0 Å². The molecule has 1 amide bonds. The molecule has 43 heavy (non-hydrogen) atoms. The van der Waals surface area contributed by atoms with E-state index in [9.17, 15) is 14.3 Å². The fraction of sp³-hybridized carbons (Fsp3) is 0.286. The van der Waals surface area contributed by atoms with Crippen molar-refractivity contribution in [3.63, 3.8) is 0 Å². The number of halogens is 1. The van der Waals surface area contributed by atoms with Gasteiger partial charge in [0, 0.05) is 16.7 Å². The van der Waals surface area contributed by atoms with Crippen LogP contribution in [0.3, 0.4) is 0 Å². The topological polar surface area (TPSA) is 88.8 Å². The van der Waals surface area contributed by atoms with Gasteiger partial charge >= 0.3 is 6.09 Å². The highest BCUT2D eigenvalue weighted by Crippen LogP contribution is 2.42. The molecule has 1 fully saturated rings. The largest absolute Gasteiger partial charge is 0.444 e.